The molecule has 1 rings (SSSR count). The molecule has 1 unspecified atom stereocenters. The standard InChI is InChI=1S/C23H43NO3Si2/c1-22(2,3)28(7,8)26-18-20(27-29(9,10)23(4,5)6)16-24-17-21(25)19-14-12-11-13-15-19/h11-15,20,24H,16-18H2,1-10H3. The number of carbonyl (C=O) groups is 1. The Kier molecular flexibility index (Phi) is 9.05. The highest BCUT2D eigenvalue weighted by Crippen LogP contribution is 2.39. The molecule has 0 heterocycles. The van der Waals surface area contributed by atoms with E-state index in [1.165, 1.54) is 0 Å². The van der Waals surface area contributed by atoms with Gasteiger partial charge < -0.3 is 14.2 Å². The summed E-state index contributed by atoms with van der Waals surface area (Å²) in [6, 6.07) is 9.42. The molecule has 1 aromatic rings. The van der Waals surface area contributed by atoms with Gasteiger partial charge in [0.05, 0.1) is 19.3 Å². The smallest absolute Gasteiger partial charge is 0.192 e. The summed E-state index contributed by atoms with van der Waals surface area (Å²) in [6.45, 7) is 24.0. The van der Waals surface area contributed by atoms with Crippen molar-refractivity contribution < 1.29 is 13.6 Å². The number of ketones is 1. The fraction of sp³-hybridized carbons (Fsp3) is 0.696. The van der Waals surface area contributed by atoms with Crippen LogP contribution in [0.5, 0.6) is 0 Å². The lowest BCUT2D eigenvalue weighted by Crippen LogP contribution is -2.50. The van der Waals surface area contributed by atoms with Gasteiger partial charge in [-0.25, -0.2) is 0 Å². The number of nitrogens with one attached hydrogen (secondary N) is 1. The van der Waals surface area contributed by atoms with Crippen LogP contribution in [0.4, 0.5) is 0 Å². The maximum Gasteiger partial charge on any atom is 0.192 e. The normalized spacial score (nSPS) is 14.7. The second-order valence-corrected chi connectivity index (χ2v) is 20.6. The molecule has 29 heavy (non-hydrogen) atoms. The lowest BCUT2D eigenvalue weighted by atomic mass is 10.1. The van der Waals surface area contributed by atoms with E-state index in [0.717, 1.165) is 5.56 Å². The van der Waals surface area contributed by atoms with E-state index >= 15 is 0 Å². The molecule has 6 heteroatoms. The van der Waals surface area contributed by atoms with Gasteiger partial charge >= 0.3 is 0 Å². The average molecular weight is 438 g/mol. The Morgan fingerprint density at radius 3 is 1.93 bits per heavy atom. The summed E-state index contributed by atoms with van der Waals surface area (Å²) in [4.78, 5) is 12.4. The number of Topliss-reactive ketones (excluding diaryl/α,β-unsaturated/α-hetero) is 1. The minimum Gasteiger partial charge on any atom is -0.414 e. The predicted octanol–water partition coefficient (Wildman–Crippen LogP) is 5.87. The molecule has 0 saturated carbocycles. The molecule has 1 N–H and O–H groups in total. The van der Waals surface area contributed by atoms with Crippen LogP contribution in [0.3, 0.4) is 0 Å². The fourth-order valence-corrected chi connectivity index (χ4v) is 4.69. The van der Waals surface area contributed by atoms with Gasteiger partial charge in [-0.2, -0.15) is 0 Å². The van der Waals surface area contributed by atoms with Crippen LogP contribution in [0, 0.1) is 0 Å². The zero-order valence-corrected chi connectivity index (χ0v) is 22.3. The van der Waals surface area contributed by atoms with Crippen LogP contribution < -0.4 is 5.32 Å². The van der Waals surface area contributed by atoms with Crippen molar-refractivity contribution in [2.24, 2.45) is 0 Å². The summed E-state index contributed by atoms with van der Waals surface area (Å²) in [7, 11) is -3.80. The van der Waals surface area contributed by atoms with Gasteiger partial charge in [0.15, 0.2) is 22.4 Å². The highest BCUT2D eigenvalue weighted by Gasteiger charge is 2.41. The van der Waals surface area contributed by atoms with Gasteiger partial charge in [-0.1, -0.05) is 71.9 Å². The summed E-state index contributed by atoms with van der Waals surface area (Å²) in [5, 5.41) is 3.60. The number of hydrogen-bond acceptors (Lipinski definition) is 4. The molecule has 0 aliphatic carbocycles. The van der Waals surface area contributed by atoms with Crippen molar-refractivity contribution in [3.8, 4) is 0 Å². The predicted molar refractivity (Wildman–Crippen MR) is 129 cm³/mol. The van der Waals surface area contributed by atoms with Crippen molar-refractivity contribution in [3.63, 3.8) is 0 Å². The second kappa shape index (κ2) is 10.0. The van der Waals surface area contributed by atoms with Crippen LogP contribution in [0.1, 0.15) is 51.9 Å². The van der Waals surface area contributed by atoms with Gasteiger partial charge in [0.25, 0.3) is 0 Å². The Bertz CT molecular complexity index is 646. The first kappa shape index (κ1) is 26.2. The molecular formula is C23H43NO3Si2. The molecule has 1 aromatic carbocycles. The average Bonchev–Trinajstić information content (AvgIpc) is 2.58. The molecule has 166 valence electrons. The Morgan fingerprint density at radius 2 is 1.45 bits per heavy atom. The minimum atomic E-state index is -1.94. The Labute approximate surface area is 181 Å². The van der Waals surface area contributed by atoms with Crippen LogP contribution in [0.2, 0.25) is 36.3 Å². The Morgan fingerprint density at radius 1 is 0.931 bits per heavy atom. The highest BCUT2D eigenvalue weighted by atomic mass is 28.4. The maximum absolute atomic E-state index is 12.4. The molecule has 4 nitrogen and oxygen atoms in total. The van der Waals surface area contributed by atoms with Crippen molar-refractivity contribution >= 4 is 22.4 Å². The highest BCUT2D eigenvalue weighted by molar-refractivity contribution is 6.74. The maximum atomic E-state index is 12.4. The first-order valence-electron chi connectivity index (χ1n) is 10.7. The first-order chi connectivity index (χ1) is 13.1. The quantitative estimate of drug-likeness (QED) is 0.367. The third kappa shape index (κ3) is 8.09. The molecule has 0 fully saturated rings. The molecule has 0 aromatic heterocycles. The summed E-state index contributed by atoms with van der Waals surface area (Å²) >= 11 is 0. The topological polar surface area (TPSA) is 47.6 Å². The van der Waals surface area contributed by atoms with Crippen molar-refractivity contribution in [2.45, 2.75) is 83.9 Å². The Hall–Kier alpha value is -0.796. The van der Waals surface area contributed by atoms with E-state index in [1.54, 1.807) is 0 Å². The number of hydrogen-bond donors (Lipinski definition) is 1. The molecule has 0 spiro atoms. The molecule has 0 aliphatic heterocycles. The second-order valence-electron chi connectivity index (χ2n) is 11.0. The summed E-state index contributed by atoms with van der Waals surface area (Å²) in [6.07, 6.45) is -0.0615. The van der Waals surface area contributed by atoms with Gasteiger partial charge in [0.2, 0.25) is 0 Å². The molecule has 0 aliphatic rings. The van der Waals surface area contributed by atoms with E-state index < -0.39 is 16.6 Å². The van der Waals surface area contributed by atoms with E-state index in [2.05, 4.69) is 73.0 Å². The lowest BCUT2D eigenvalue weighted by Gasteiger charge is -2.41. The SMILES string of the molecule is CC(C)(C)[Si](C)(C)OCC(CNCC(=O)c1ccccc1)O[Si](C)(C)C(C)(C)C. The van der Waals surface area contributed by atoms with Gasteiger partial charge in [-0.3, -0.25) is 4.79 Å². The van der Waals surface area contributed by atoms with Crippen LogP contribution in [-0.2, 0) is 8.85 Å². The Balaban J connectivity index is 2.78. The van der Waals surface area contributed by atoms with E-state index in [4.69, 9.17) is 8.85 Å². The molecule has 0 saturated heterocycles. The molecule has 0 bridgehead atoms. The summed E-state index contributed by atoms with van der Waals surface area (Å²) in [5.41, 5.74) is 0.736. The monoisotopic (exact) mass is 437 g/mol. The van der Waals surface area contributed by atoms with Crippen molar-refractivity contribution in [1.29, 1.82) is 0 Å². The zero-order chi connectivity index (χ0) is 22.5. The van der Waals surface area contributed by atoms with Crippen LogP contribution in [0.25, 0.3) is 0 Å². The third-order valence-electron chi connectivity index (χ3n) is 6.46. The molecule has 0 radical (unpaired) electrons. The van der Waals surface area contributed by atoms with Crippen LogP contribution >= 0.6 is 0 Å². The van der Waals surface area contributed by atoms with E-state index in [0.29, 0.717) is 19.7 Å². The van der Waals surface area contributed by atoms with Crippen LogP contribution in [-0.4, -0.2) is 48.2 Å². The largest absolute Gasteiger partial charge is 0.414 e. The minimum absolute atomic E-state index is 0.0615. The van der Waals surface area contributed by atoms with Crippen molar-refractivity contribution in [2.75, 3.05) is 19.7 Å². The summed E-state index contributed by atoms with van der Waals surface area (Å²) in [5.74, 6) is 0.0991. The summed E-state index contributed by atoms with van der Waals surface area (Å²) < 4.78 is 13.1. The first-order valence-corrected chi connectivity index (χ1v) is 16.5. The van der Waals surface area contributed by atoms with E-state index in [-0.39, 0.29) is 22.0 Å². The van der Waals surface area contributed by atoms with Gasteiger partial charge in [0.1, 0.15) is 0 Å². The third-order valence-corrected chi connectivity index (χ3v) is 15.5. The number of benzene rings is 1. The number of rotatable bonds is 10. The van der Waals surface area contributed by atoms with Crippen molar-refractivity contribution in [3.05, 3.63) is 35.9 Å². The van der Waals surface area contributed by atoms with Gasteiger partial charge in [-0.05, 0) is 36.3 Å². The van der Waals surface area contributed by atoms with E-state index in [9.17, 15) is 4.79 Å². The zero-order valence-electron chi connectivity index (χ0n) is 20.3. The van der Waals surface area contributed by atoms with Gasteiger partial charge in [-0.15, -0.1) is 0 Å². The molecule has 1 atom stereocenters. The van der Waals surface area contributed by atoms with Crippen molar-refractivity contribution in [1.82, 2.24) is 5.32 Å². The molecule has 0 amide bonds. The molecular weight excluding hydrogens is 394 g/mol. The van der Waals surface area contributed by atoms with Gasteiger partial charge in [0, 0.05) is 12.1 Å². The lowest BCUT2D eigenvalue weighted by molar-refractivity contribution is 0.0946. The number of carbonyl (C=O) groups excluding carboxylic acids is 1. The van der Waals surface area contributed by atoms with Crippen LogP contribution in [0.15, 0.2) is 30.3 Å². The van der Waals surface area contributed by atoms with E-state index in [1.807, 2.05) is 30.3 Å². The fourth-order valence-electron chi connectivity index (χ4n) is 2.32.